The summed E-state index contributed by atoms with van der Waals surface area (Å²) in [5.41, 5.74) is 0. The Morgan fingerprint density at radius 1 is 1.14 bits per heavy atom. The zero-order valence-corrected chi connectivity index (χ0v) is 13.1. The van der Waals surface area contributed by atoms with Crippen molar-refractivity contribution in [2.45, 2.75) is 30.7 Å². The molecule has 5 atom stereocenters. The first-order valence-electron chi connectivity index (χ1n) is 6.56. The molecule has 0 unspecified atom stereocenters. The lowest BCUT2D eigenvalue weighted by Crippen LogP contribution is -2.59. The standard InChI is InChI=1S/C11H22N2O6S2/c14-5-6-7(15)8(16)9(17)10(19-6)18-3-1-12-11(21)13-2-4-20/h6-10,14-17,20H,1-5H2,(H2,12,13,21)/t6-,7-,8+,9+,10-/m1/s1. The zero-order valence-electron chi connectivity index (χ0n) is 11.4. The zero-order chi connectivity index (χ0) is 15.8. The second kappa shape index (κ2) is 9.74. The largest absolute Gasteiger partial charge is 0.394 e. The molecule has 6 N–H and O–H groups in total. The number of thiol groups is 1. The van der Waals surface area contributed by atoms with Crippen LogP contribution in [0.25, 0.3) is 0 Å². The van der Waals surface area contributed by atoms with Crippen LogP contribution in [0, 0.1) is 0 Å². The summed E-state index contributed by atoms with van der Waals surface area (Å²) in [4.78, 5) is 0. The van der Waals surface area contributed by atoms with Gasteiger partial charge in [-0.25, -0.2) is 0 Å². The fraction of sp³-hybridized carbons (Fsp3) is 0.909. The highest BCUT2D eigenvalue weighted by Gasteiger charge is 2.43. The SMILES string of the molecule is OC[C@H]1O[C@@H](OCCNC(=S)NCCS)[C@@H](O)[C@@H](O)[C@@H]1O. The molecule has 0 spiro atoms. The number of hydrogen-bond donors (Lipinski definition) is 7. The maximum absolute atomic E-state index is 9.74. The van der Waals surface area contributed by atoms with Crippen molar-refractivity contribution >= 4 is 30.0 Å². The molecule has 1 heterocycles. The van der Waals surface area contributed by atoms with E-state index in [1.54, 1.807) is 0 Å². The second-order valence-corrected chi connectivity index (χ2v) is 5.33. The average molecular weight is 342 g/mol. The smallest absolute Gasteiger partial charge is 0.186 e. The van der Waals surface area contributed by atoms with E-state index in [1.807, 2.05) is 0 Å². The first kappa shape index (κ1) is 18.8. The summed E-state index contributed by atoms with van der Waals surface area (Å²) in [5, 5.41) is 44.2. The molecule has 0 radical (unpaired) electrons. The van der Waals surface area contributed by atoms with Gasteiger partial charge in [0.1, 0.15) is 24.4 Å². The Kier molecular flexibility index (Phi) is 8.74. The average Bonchev–Trinajstić information content (AvgIpc) is 2.49. The minimum atomic E-state index is -1.44. The summed E-state index contributed by atoms with van der Waals surface area (Å²) in [6.07, 6.45) is -6.31. The number of thiocarbonyl (C=S) groups is 1. The van der Waals surface area contributed by atoms with Gasteiger partial charge in [-0.1, -0.05) is 0 Å². The van der Waals surface area contributed by atoms with Gasteiger partial charge in [-0.15, -0.1) is 0 Å². The summed E-state index contributed by atoms with van der Waals surface area (Å²) < 4.78 is 10.5. The van der Waals surface area contributed by atoms with E-state index in [2.05, 4.69) is 23.3 Å². The molecule has 8 nitrogen and oxygen atoms in total. The Balaban J connectivity index is 2.29. The predicted molar refractivity (Wildman–Crippen MR) is 82.2 cm³/mol. The first-order chi connectivity index (χ1) is 10.0. The molecule has 21 heavy (non-hydrogen) atoms. The van der Waals surface area contributed by atoms with Crippen molar-refractivity contribution in [3.8, 4) is 0 Å². The predicted octanol–water partition coefficient (Wildman–Crippen LogP) is -2.80. The summed E-state index contributed by atoms with van der Waals surface area (Å²) in [6, 6.07) is 0. The van der Waals surface area contributed by atoms with Crippen LogP contribution in [0.2, 0.25) is 0 Å². The van der Waals surface area contributed by atoms with Crippen LogP contribution in [-0.4, -0.2) is 88.3 Å². The Labute approximate surface area is 133 Å². The summed E-state index contributed by atoms with van der Waals surface area (Å²) in [5.74, 6) is 0.656. The minimum Gasteiger partial charge on any atom is -0.394 e. The molecule has 0 aromatic heterocycles. The lowest BCUT2D eigenvalue weighted by Gasteiger charge is -2.39. The normalized spacial score (nSPS) is 32.7. The third kappa shape index (κ3) is 5.83. The molecular weight excluding hydrogens is 320 g/mol. The molecule has 1 fully saturated rings. The molecule has 1 aliphatic heterocycles. The Morgan fingerprint density at radius 3 is 2.43 bits per heavy atom. The number of ether oxygens (including phenoxy) is 2. The highest BCUT2D eigenvalue weighted by molar-refractivity contribution is 7.80. The van der Waals surface area contributed by atoms with Gasteiger partial charge in [0.15, 0.2) is 11.4 Å². The van der Waals surface area contributed by atoms with Crippen LogP contribution in [0.3, 0.4) is 0 Å². The van der Waals surface area contributed by atoms with E-state index in [-0.39, 0.29) is 6.61 Å². The molecule has 124 valence electrons. The van der Waals surface area contributed by atoms with Gasteiger partial charge in [0.2, 0.25) is 0 Å². The monoisotopic (exact) mass is 342 g/mol. The van der Waals surface area contributed by atoms with Crippen molar-refractivity contribution in [3.63, 3.8) is 0 Å². The van der Waals surface area contributed by atoms with E-state index in [1.165, 1.54) is 0 Å². The minimum absolute atomic E-state index is 0.158. The van der Waals surface area contributed by atoms with E-state index >= 15 is 0 Å². The number of aliphatic hydroxyl groups is 4. The van der Waals surface area contributed by atoms with Gasteiger partial charge in [0.25, 0.3) is 0 Å². The topological polar surface area (TPSA) is 123 Å². The summed E-state index contributed by atoms with van der Waals surface area (Å²) in [6.45, 7) is 0.683. The van der Waals surface area contributed by atoms with E-state index in [9.17, 15) is 15.3 Å². The Hall–Kier alpha value is -0.200. The quantitative estimate of drug-likeness (QED) is 0.149. The van der Waals surface area contributed by atoms with Crippen LogP contribution in [0.4, 0.5) is 0 Å². The van der Waals surface area contributed by atoms with Gasteiger partial charge in [-0.2, -0.15) is 12.6 Å². The van der Waals surface area contributed by atoms with E-state index < -0.39 is 37.3 Å². The first-order valence-corrected chi connectivity index (χ1v) is 7.60. The number of rotatable bonds is 7. The van der Waals surface area contributed by atoms with Crippen molar-refractivity contribution in [3.05, 3.63) is 0 Å². The molecular formula is C11H22N2O6S2. The maximum atomic E-state index is 9.74. The molecule has 0 bridgehead atoms. The molecule has 0 aromatic carbocycles. The van der Waals surface area contributed by atoms with Crippen LogP contribution in [0.15, 0.2) is 0 Å². The summed E-state index contributed by atoms with van der Waals surface area (Å²) >= 11 is 9.02. The van der Waals surface area contributed by atoms with Crippen LogP contribution in [0.1, 0.15) is 0 Å². The molecule has 0 aromatic rings. The second-order valence-electron chi connectivity index (χ2n) is 4.47. The van der Waals surface area contributed by atoms with Crippen LogP contribution >= 0.6 is 24.8 Å². The van der Waals surface area contributed by atoms with Crippen molar-refractivity contribution in [2.75, 3.05) is 32.1 Å². The fourth-order valence-corrected chi connectivity index (χ4v) is 2.09. The molecule has 0 aliphatic carbocycles. The van der Waals surface area contributed by atoms with Crippen LogP contribution in [-0.2, 0) is 9.47 Å². The van der Waals surface area contributed by atoms with Crippen LogP contribution < -0.4 is 10.6 Å². The van der Waals surface area contributed by atoms with Gasteiger partial charge >= 0.3 is 0 Å². The Morgan fingerprint density at radius 2 is 1.81 bits per heavy atom. The molecule has 1 aliphatic rings. The highest BCUT2D eigenvalue weighted by atomic mass is 32.1. The third-order valence-electron chi connectivity index (χ3n) is 2.92. The fourth-order valence-electron chi connectivity index (χ4n) is 1.78. The van der Waals surface area contributed by atoms with E-state index in [0.717, 1.165) is 0 Å². The highest BCUT2D eigenvalue weighted by Crippen LogP contribution is 2.21. The lowest BCUT2D eigenvalue weighted by molar-refractivity contribution is -0.300. The number of hydrogen-bond acceptors (Lipinski definition) is 8. The van der Waals surface area contributed by atoms with Gasteiger partial charge in [-0.3, -0.25) is 0 Å². The van der Waals surface area contributed by atoms with E-state index in [4.69, 9.17) is 26.8 Å². The molecule has 1 rings (SSSR count). The maximum Gasteiger partial charge on any atom is 0.186 e. The van der Waals surface area contributed by atoms with Crippen molar-refractivity contribution in [2.24, 2.45) is 0 Å². The molecule has 0 saturated carbocycles. The lowest BCUT2D eigenvalue weighted by atomic mass is 9.99. The van der Waals surface area contributed by atoms with Gasteiger partial charge in [0.05, 0.1) is 13.2 Å². The van der Waals surface area contributed by atoms with Gasteiger partial charge in [0, 0.05) is 18.8 Å². The van der Waals surface area contributed by atoms with E-state index in [0.29, 0.717) is 24.0 Å². The molecule has 1 saturated heterocycles. The Bertz CT molecular complexity index is 323. The van der Waals surface area contributed by atoms with Gasteiger partial charge in [-0.05, 0) is 12.2 Å². The van der Waals surface area contributed by atoms with Crippen molar-refractivity contribution in [1.29, 1.82) is 0 Å². The third-order valence-corrected chi connectivity index (χ3v) is 3.43. The number of nitrogens with one attached hydrogen (secondary N) is 2. The summed E-state index contributed by atoms with van der Waals surface area (Å²) in [7, 11) is 0. The molecule has 0 amide bonds. The van der Waals surface area contributed by atoms with Crippen LogP contribution in [0.5, 0.6) is 0 Å². The van der Waals surface area contributed by atoms with Crippen molar-refractivity contribution in [1.82, 2.24) is 10.6 Å². The van der Waals surface area contributed by atoms with Crippen molar-refractivity contribution < 1.29 is 29.9 Å². The molecule has 10 heteroatoms. The van der Waals surface area contributed by atoms with Gasteiger partial charge < -0.3 is 40.5 Å². The number of aliphatic hydroxyl groups excluding tert-OH is 4.